The molecule has 0 aliphatic carbocycles. The van der Waals surface area contributed by atoms with Gasteiger partial charge in [0.2, 0.25) is 0 Å². The van der Waals surface area contributed by atoms with Crippen LogP contribution in [0.1, 0.15) is 11.1 Å². The molecular formula is C8H10O3S. The quantitative estimate of drug-likeness (QED) is 0.717. The van der Waals surface area contributed by atoms with E-state index in [-0.39, 0.29) is 6.61 Å². The standard InChI is InChI=1S/C8H10O3S/c1-7-2-4-8(5-3-7)6-11-12(9)10/h2-5,12H,6H2,1H3. The third kappa shape index (κ3) is 3.02. The fourth-order valence-corrected chi connectivity index (χ4v) is 1.07. The highest BCUT2D eigenvalue weighted by Gasteiger charge is 1.92. The van der Waals surface area contributed by atoms with E-state index in [1.54, 1.807) is 0 Å². The van der Waals surface area contributed by atoms with Crippen molar-refractivity contribution < 1.29 is 12.6 Å². The summed E-state index contributed by atoms with van der Waals surface area (Å²) in [5.74, 6) is 0. The van der Waals surface area contributed by atoms with Crippen LogP contribution >= 0.6 is 0 Å². The van der Waals surface area contributed by atoms with Crippen LogP contribution in [0.25, 0.3) is 0 Å². The molecule has 0 saturated carbocycles. The van der Waals surface area contributed by atoms with Crippen LogP contribution < -0.4 is 0 Å². The van der Waals surface area contributed by atoms with Crippen LogP contribution in [-0.4, -0.2) is 8.42 Å². The second-order valence-electron chi connectivity index (χ2n) is 2.48. The maximum absolute atomic E-state index is 10.1. The van der Waals surface area contributed by atoms with Crippen LogP contribution in [-0.2, 0) is 21.8 Å². The second-order valence-corrected chi connectivity index (χ2v) is 3.19. The molecule has 0 saturated heterocycles. The van der Waals surface area contributed by atoms with Gasteiger partial charge in [0.1, 0.15) is 0 Å². The zero-order valence-corrected chi connectivity index (χ0v) is 7.58. The van der Waals surface area contributed by atoms with Crippen molar-refractivity contribution >= 4 is 11.0 Å². The fraction of sp³-hybridized carbons (Fsp3) is 0.250. The van der Waals surface area contributed by atoms with E-state index in [1.165, 1.54) is 0 Å². The highest BCUT2D eigenvalue weighted by Crippen LogP contribution is 2.03. The Morgan fingerprint density at radius 2 is 1.83 bits per heavy atom. The molecule has 0 spiro atoms. The van der Waals surface area contributed by atoms with E-state index in [4.69, 9.17) is 0 Å². The molecule has 1 aromatic rings. The molecule has 1 aromatic carbocycles. The maximum atomic E-state index is 10.1. The molecule has 0 aliphatic rings. The molecule has 12 heavy (non-hydrogen) atoms. The van der Waals surface area contributed by atoms with Gasteiger partial charge in [-0.2, -0.15) is 0 Å². The molecule has 0 bridgehead atoms. The molecule has 3 nitrogen and oxygen atoms in total. The van der Waals surface area contributed by atoms with Gasteiger partial charge in [-0.3, -0.25) is 4.18 Å². The summed E-state index contributed by atoms with van der Waals surface area (Å²) >= 11 is 0. The first kappa shape index (κ1) is 9.22. The lowest BCUT2D eigenvalue weighted by Gasteiger charge is -1.97. The minimum Gasteiger partial charge on any atom is -0.267 e. The van der Waals surface area contributed by atoms with E-state index >= 15 is 0 Å². The van der Waals surface area contributed by atoms with Gasteiger partial charge in [0.05, 0.1) is 6.61 Å². The highest BCUT2D eigenvalue weighted by atomic mass is 32.2. The van der Waals surface area contributed by atoms with E-state index in [1.807, 2.05) is 31.2 Å². The van der Waals surface area contributed by atoms with Crippen molar-refractivity contribution in [1.82, 2.24) is 0 Å². The molecule has 0 radical (unpaired) electrons. The van der Waals surface area contributed by atoms with Crippen molar-refractivity contribution in [3.63, 3.8) is 0 Å². The molecule has 0 amide bonds. The average molecular weight is 186 g/mol. The Morgan fingerprint density at radius 3 is 2.33 bits per heavy atom. The molecule has 4 heteroatoms. The fourth-order valence-electron chi connectivity index (χ4n) is 0.812. The Bertz CT molecular complexity index is 306. The lowest BCUT2D eigenvalue weighted by atomic mass is 10.2. The summed E-state index contributed by atoms with van der Waals surface area (Å²) in [6.07, 6.45) is 0. The van der Waals surface area contributed by atoms with Crippen molar-refractivity contribution in [2.24, 2.45) is 0 Å². The lowest BCUT2D eigenvalue weighted by molar-refractivity contribution is 0.323. The molecule has 0 fully saturated rings. The zero-order chi connectivity index (χ0) is 8.97. The Labute approximate surface area is 73.1 Å². The van der Waals surface area contributed by atoms with Gasteiger partial charge in [-0.05, 0) is 12.5 Å². The SMILES string of the molecule is Cc1ccc(CO[SH](=O)=O)cc1. The summed E-state index contributed by atoms with van der Waals surface area (Å²) in [4.78, 5) is 0. The van der Waals surface area contributed by atoms with E-state index in [2.05, 4.69) is 4.18 Å². The first-order valence-electron chi connectivity index (χ1n) is 3.51. The van der Waals surface area contributed by atoms with Crippen molar-refractivity contribution in [3.8, 4) is 0 Å². The van der Waals surface area contributed by atoms with Crippen LogP contribution in [0.4, 0.5) is 0 Å². The van der Waals surface area contributed by atoms with Crippen molar-refractivity contribution in [3.05, 3.63) is 35.4 Å². The normalized spacial score (nSPS) is 10.5. The largest absolute Gasteiger partial charge is 0.267 e. The molecule has 0 aliphatic heterocycles. The molecular weight excluding hydrogens is 176 g/mol. The minimum atomic E-state index is -2.73. The van der Waals surface area contributed by atoms with E-state index in [0.717, 1.165) is 11.1 Å². The van der Waals surface area contributed by atoms with E-state index < -0.39 is 11.0 Å². The van der Waals surface area contributed by atoms with Crippen molar-refractivity contribution in [2.45, 2.75) is 13.5 Å². The molecule has 0 atom stereocenters. The van der Waals surface area contributed by atoms with Crippen molar-refractivity contribution in [1.29, 1.82) is 0 Å². The summed E-state index contributed by atoms with van der Waals surface area (Å²) < 4.78 is 24.5. The summed E-state index contributed by atoms with van der Waals surface area (Å²) in [5.41, 5.74) is 2.00. The molecule has 1 rings (SSSR count). The number of thiol groups is 1. The van der Waals surface area contributed by atoms with Crippen LogP contribution in [0, 0.1) is 6.92 Å². The van der Waals surface area contributed by atoms with Crippen molar-refractivity contribution in [2.75, 3.05) is 0 Å². The minimum absolute atomic E-state index is 0.124. The van der Waals surface area contributed by atoms with Crippen LogP contribution in [0.2, 0.25) is 0 Å². The van der Waals surface area contributed by atoms with Gasteiger partial charge < -0.3 is 0 Å². The number of hydrogen-bond acceptors (Lipinski definition) is 3. The van der Waals surface area contributed by atoms with Gasteiger partial charge in [-0.1, -0.05) is 29.8 Å². The van der Waals surface area contributed by atoms with Gasteiger partial charge in [-0.15, -0.1) is 0 Å². The molecule has 66 valence electrons. The first-order chi connectivity index (χ1) is 5.68. The third-order valence-corrected chi connectivity index (χ3v) is 1.80. The molecule has 0 aromatic heterocycles. The Morgan fingerprint density at radius 1 is 1.25 bits per heavy atom. The average Bonchev–Trinajstić information content (AvgIpc) is 2.03. The first-order valence-corrected chi connectivity index (χ1v) is 4.61. The Balaban J connectivity index is 2.59. The molecule has 0 heterocycles. The van der Waals surface area contributed by atoms with Gasteiger partial charge in [0, 0.05) is 0 Å². The second kappa shape index (κ2) is 4.23. The van der Waals surface area contributed by atoms with E-state index in [0.29, 0.717) is 0 Å². The lowest BCUT2D eigenvalue weighted by Crippen LogP contribution is -1.90. The molecule has 0 N–H and O–H groups in total. The monoisotopic (exact) mass is 186 g/mol. The third-order valence-electron chi connectivity index (χ3n) is 1.46. The number of hydrogen-bond donors (Lipinski definition) is 1. The number of rotatable bonds is 3. The maximum Gasteiger partial charge on any atom is 0.257 e. The van der Waals surface area contributed by atoms with Gasteiger partial charge >= 0.3 is 0 Å². The Kier molecular flexibility index (Phi) is 3.25. The summed E-state index contributed by atoms with van der Waals surface area (Å²) in [6.45, 7) is 2.09. The van der Waals surface area contributed by atoms with Gasteiger partial charge in [0.15, 0.2) is 0 Å². The van der Waals surface area contributed by atoms with Gasteiger partial charge in [0.25, 0.3) is 11.0 Å². The smallest absolute Gasteiger partial charge is 0.257 e. The Hall–Kier alpha value is -0.870. The van der Waals surface area contributed by atoms with Crippen LogP contribution in [0.3, 0.4) is 0 Å². The van der Waals surface area contributed by atoms with Crippen LogP contribution in [0.5, 0.6) is 0 Å². The summed E-state index contributed by atoms with van der Waals surface area (Å²) in [5, 5.41) is 0. The van der Waals surface area contributed by atoms with Crippen LogP contribution in [0.15, 0.2) is 24.3 Å². The number of aryl methyl sites for hydroxylation is 1. The summed E-state index contributed by atoms with van der Waals surface area (Å²) in [7, 11) is -2.73. The predicted molar refractivity (Wildman–Crippen MR) is 46.3 cm³/mol. The molecule has 0 unspecified atom stereocenters. The zero-order valence-electron chi connectivity index (χ0n) is 6.69. The number of benzene rings is 1. The summed E-state index contributed by atoms with van der Waals surface area (Å²) in [6, 6.07) is 7.51. The van der Waals surface area contributed by atoms with E-state index in [9.17, 15) is 8.42 Å². The van der Waals surface area contributed by atoms with Gasteiger partial charge in [-0.25, -0.2) is 8.42 Å². The highest BCUT2D eigenvalue weighted by molar-refractivity contribution is 7.67. The predicted octanol–water partition coefficient (Wildman–Crippen LogP) is 1.04. The topological polar surface area (TPSA) is 43.4 Å².